The number of primary amides is 1. The molecule has 2 amide bonds. The van der Waals surface area contributed by atoms with Crippen LogP contribution >= 0.6 is 23.4 Å². The molecule has 168 valence electrons. The summed E-state index contributed by atoms with van der Waals surface area (Å²) in [5.74, 6) is -0.715. The molecule has 2 aromatic carbocycles. The molecule has 2 N–H and O–H groups in total. The Morgan fingerprint density at radius 3 is 2.66 bits per heavy atom. The Labute approximate surface area is 194 Å². The van der Waals surface area contributed by atoms with E-state index in [4.69, 9.17) is 22.1 Å². The summed E-state index contributed by atoms with van der Waals surface area (Å²) in [6, 6.07) is 13.9. The molecule has 3 rings (SSSR count). The number of carbonyl (C=O) groups excluding carboxylic acids is 2. The number of hydrogen-bond acceptors (Lipinski definition) is 6. The first-order valence-corrected chi connectivity index (χ1v) is 11.2. The summed E-state index contributed by atoms with van der Waals surface area (Å²) in [5, 5.41) is 1.29. The van der Waals surface area contributed by atoms with Crippen LogP contribution < -0.4 is 16.2 Å². The molecule has 0 aliphatic carbocycles. The van der Waals surface area contributed by atoms with Crippen LogP contribution in [0.25, 0.3) is 10.9 Å². The number of halogens is 1. The molecular weight excluding hydrogens is 452 g/mol. The van der Waals surface area contributed by atoms with Gasteiger partial charge in [0.25, 0.3) is 5.56 Å². The minimum absolute atomic E-state index is 0.0130. The molecule has 0 atom stereocenters. The number of aromatic nitrogens is 2. The van der Waals surface area contributed by atoms with Gasteiger partial charge in [-0.05, 0) is 30.3 Å². The summed E-state index contributed by atoms with van der Waals surface area (Å²) >= 11 is 7.21. The van der Waals surface area contributed by atoms with Gasteiger partial charge in [0.15, 0.2) is 5.16 Å². The molecule has 3 aromatic rings. The van der Waals surface area contributed by atoms with Gasteiger partial charge in [0.1, 0.15) is 0 Å². The van der Waals surface area contributed by atoms with Crippen molar-refractivity contribution in [3.63, 3.8) is 0 Å². The van der Waals surface area contributed by atoms with Crippen LogP contribution in [-0.2, 0) is 20.9 Å². The second-order valence-corrected chi connectivity index (χ2v) is 8.27. The van der Waals surface area contributed by atoms with Crippen LogP contribution in [0, 0.1) is 0 Å². The van der Waals surface area contributed by atoms with Crippen molar-refractivity contribution in [2.45, 2.75) is 18.1 Å². The molecule has 1 heterocycles. The standard InChI is InChI=1S/C22H23ClN4O4S/c1-31-12-11-27-21(30)17-8-7-15(23)13-18(17)25-22(27)32-14-20(29)26(10-9-19(24)28)16-5-3-2-4-6-16/h2-8,13H,9-12,14H2,1H3,(H2,24,28). The molecule has 32 heavy (non-hydrogen) atoms. The fraction of sp³-hybridized carbons (Fsp3) is 0.273. The van der Waals surface area contributed by atoms with Crippen LogP contribution in [0.4, 0.5) is 5.69 Å². The highest BCUT2D eigenvalue weighted by Gasteiger charge is 2.19. The first kappa shape index (κ1) is 23.8. The molecule has 0 saturated heterocycles. The molecule has 0 fully saturated rings. The van der Waals surface area contributed by atoms with Crippen molar-refractivity contribution in [2.24, 2.45) is 5.73 Å². The number of methoxy groups -OCH3 is 1. The fourth-order valence-electron chi connectivity index (χ4n) is 3.10. The molecule has 1 aromatic heterocycles. The topological polar surface area (TPSA) is 108 Å². The van der Waals surface area contributed by atoms with Gasteiger partial charge in [-0.25, -0.2) is 4.98 Å². The Hall–Kier alpha value is -2.88. The predicted molar refractivity (Wildman–Crippen MR) is 126 cm³/mol. The van der Waals surface area contributed by atoms with E-state index in [-0.39, 0.29) is 30.2 Å². The van der Waals surface area contributed by atoms with Crippen molar-refractivity contribution in [3.8, 4) is 0 Å². The van der Waals surface area contributed by atoms with E-state index >= 15 is 0 Å². The van der Waals surface area contributed by atoms with E-state index in [0.29, 0.717) is 39.9 Å². The summed E-state index contributed by atoms with van der Waals surface area (Å²) < 4.78 is 6.62. The first-order chi connectivity index (χ1) is 15.4. The number of anilines is 1. The number of nitrogens with two attached hydrogens (primary N) is 1. The maximum absolute atomic E-state index is 13.0. The molecule has 0 bridgehead atoms. The number of nitrogens with zero attached hydrogens (tertiary/aromatic N) is 3. The van der Waals surface area contributed by atoms with Crippen LogP contribution in [-0.4, -0.2) is 47.4 Å². The van der Waals surface area contributed by atoms with Crippen LogP contribution in [0.2, 0.25) is 5.02 Å². The number of hydrogen-bond donors (Lipinski definition) is 1. The lowest BCUT2D eigenvalue weighted by Crippen LogP contribution is -2.35. The zero-order valence-corrected chi connectivity index (χ0v) is 19.1. The summed E-state index contributed by atoms with van der Waals surface area (Å²) in [4.78, 5) is 43.4. The highest BCUT2D eigenvalue weighted by atomic mass is 35.5. The normalized spacial score (nSPS) is 10.9. The SMILES string of the molecule is COCCn1c(SCC(=O)N(CCC(N)=O)c2ccccc2)nc2cc(Cl)ccc2c1=O. The van der Waals surface area contributed by atoms with Gasteiger partial charge < -0.3 is 15.4 Å². The van der Waals surface area contributed by atoms with Gasteiger partial charge >= 0.3 is 0 Å². The lowest BCUT2D eigenvalue weighted by molar-refractivity contribution is -0.118. The average Bonchev–Trinajstić information content (AvgIpc) is 2.77. The van der Waals surface area contributed by atoms with Crippen LogP contribution in [0.1, 0.15) is 6.42 Å². The molecule has 0 spiro atoms. The third-order valence-electron chi connectivity index (χ3n) is 4.68. The van der Waals surface area contributed by atoms with Gasteiger partial charge in [0.05, 0.1) is 29.8 Å². The zero-order chi connectivity index (χ0) is 23.1. The van der Waals surface area contributed by atoms with E-state index in [2.05, 4.69) is 4.98 Å². The van der Waals surface area contributed by atoms with E-state index in [1.807, 2.05) is 18.2 Å². The Bertz CT molecular complexity index is 1170. The van der Waals surface area contributed by atoms with Crippen molar-refractivity contribution in [1.82, 2.24) is 9.55 Å². The third kappa shape index (κ3) is 5.87. The molecule has 10 heteroatoms. The van der Waals surface area contributed by atoms with Crippen molar-refractivity contribution in [3.05, 3.63) is 63.9 Å². The molecular formula is C22H23ClN4O4S. The number of rotatable bonds is 10. The Balaban J connectivity index is 1.89. The third-order valence-corrected chi connectivity index (χ3v) is 5.87. The van der Waals surface area contributed by atoms with Crippen LogP contribution in [0.3, 0.4) is 0 Å². The quantitative estimate of drug-likeness (QED) is 0.357. The zero-order valence-electron chi connectivity index (χ0n) is 17.5. The number of benzene rings is 2. The van der Waals surface area contributed by atoms with E-state index in [1.54, 1.807) is 37.4 Å². The predicted octanol–water partition coefficient (Wildman–Crippen LogP) is 2.70. The summed E-state index contributed by atoms with van der Waals surface area (Å²) in [5.41, 5.74) is 6.17. The lowest BCUT2D eigenvalue weighted by atomic mass is 10.2. The molecule has 0 unspecified atom stereocenters. The number of amides is 2. The van der Waals surface area contributed by atoms with Crippen molar-refractivity contribution in [1.29, 1.82) is 0 Å². The minimum Gasteiger partial charge on any atom is -0.383 e. The number of thioether (sulfide) groups is 1. The lowest BCUT2D eigenvalue weighted by Gasteiger charge is -2.22. The van der Waals surface area contributed by atoms with E-state index < -0.39 is 5.91 Å². The summed E-state index contributed by atoms with van der Waals surface area (Å²) in [6.45, 7) is 0.772. The Morgan fingerprint density at radius 2 is 1.97 bits per heavy atom. The van der Waals surface area contributed by atoms with Gasteiger partial charge in [0, 0.05) is 30.8 Å². The molecule has 0 radical (unpaired) electrons. The monoisotopic (exact) mass is 474 g/mol. The van der Waals surface area contributed by atoms with Crippen LogP contribution in [0.15, 0.2) is 58.5 Å². The number of carbonyl (C=O) groups is 2. The Morgan fingerprint density at radius 1 is 1.22 bits per heavy atom. The van der Waals surface area contributed by atoms with Crippen molar-refractivity contribution < 1.29 is 14.3 Å². The smallest absolute Gasteiger partial charge is 0.262 e. The fourth-order valence-corrected chi connectivity index (χ4v) is 4.16. The Kier molecular flexibility index (Phi) is 8.26. The van der Waals surface area contributed by atoms with Crippen molar-refractivity contribution >= 4 is 51.8 Å². The highest BCUT2D eigenvalue weighted by Crippen LogP contribution is 2.22. The van der Waals surface area contributed by atoms with Gasteiger partial charge in [0.2, 0.25) is 11.8 Å². The van der Waals surface area contributed by atoms with Crippen molar-refractivity contribution in [2.75, 3.05) is 30.9 Å². The van der Waals surface area contributed by atoms with Crippen LogP contribution in [0.5, 0.6) is 0 Å². The summed E-state index contributed by atoms with van der Waals surface area (Å²) in [7, 11) is 1.55. The van der Waals surface area contributed by atoms with Gasteiger partial charge in [-0.3, -0.25) is 19.0 Å². The second kappa shape index (κ2) is 11.1. The van der Waals surface area contributed by atoms with Gasteiger partial charge in [-0.15, -0.1) is 0 Å². The van der Waals surface area contributed by atoms with Gasteiger partial charge in [-0.2, -0.15) is 0 Å². The maximum Gasteiger partial charge on any atom is 0.262 e. The minimum atomic E-state index is -0.493. The molecule has 0 aliphatic rings. The number of fused-ring (bicyclic) bond motifs is 1. The number of para-hydroxylation sites is 1. The van der Waals surface area contributed by atoms with E-state index in [9.17, 15) is 14.4 Å². The molecule has 0 saturated carbocycles. The second-order valence-electron chi connectivity index (χ2n) is 6.89. The largest absolute Gasteiger partial charge is 0.383 e. The molecule has 0 aliphatic heterocycles. The maximum atomic E-state index is 13.0. The van der Waals surface area contributed by atoms with E-state index in [0.717, 1.165) is 11.8 Å². The summed E-state index contributed by atoms with van der Waals surface area (Å²) in [6.07, 6.45) is 0.0383. The molecule has 8 nitrogen and oxygen atoms in total. The first-order valence-electron chi connectivity index (χ1n) is 9.86. The van der Waals surface area contributed by atoms with E-state index in [1.165, 1.54) is 9.47 Å². The average molecular weight is 475 g/mol. The van der Waals surface area contributed by atoms with Gasteiger partial charge in [-0.1, -0.05) is 41.6 Å². The number of ether oxygens (including phenoxy) is 1. The highest BCUT2D eigenvalue weighted by molar-refractivity contribution is 7.99.